The van der Waals surface area contributed by atoms with Gasteiger partial charge in [-0.25, -0.2) is 0 Å². The van der Waals surface area contributed by atoms with E-state index in [0.29, 0.717) is 0 Å². The van der Waals surface area contributed by atoms with Gasteiger partial charge in [0.05, 0.1) is 79.5 Å². The minimum absolute atomic E-state index is 0. The molecule has 0 radical (unpaired) electrons. The van der Waals surface area contributed by atoms with Gasteiger partial charge in [-0.15, -0.1) is 0 Å². The summed E-state index contributed by atoms with van der Waals surface area (Å²) >= 11 is 0. The van der Waals surface area contributed by atoms with E-state index in [1.54, 1.807) is 0 Å². The summed E-state index contributed by atoms with van der Waals surface area (Å²) in [6.45, 7) is 4.87. The summed E-state index contributed by atoms with van der Waals surface area (Å²) in [6, 6.07) is 0. The number of carboxylic acid groups (broad SMARTS) is 8. The first kappa shape index (κ1) is 52.1. The van der Waals surface area contributed by atoms with E-state index in [1.165, 1.54) is 0 Å². The molecule has 0 rings (SSSR count). The highest BCUT2D eigenvalue weighted by molar-refractivity contribution is 5.74. The van der Waals surface area contributed by atoms with Crippen LogP contribution in [0.15, 0.2) is 25.3 Å². The van der Waals surface area contributed by atoms with Crippen LogP contribution in [0.25, 0.3) is 0 Å². The van der Waals surface area contributed by atoms with Crippen LogP contribution in [0, 0.1) is 0 Å². The van der Waals surface area contributed by atoms with Crippen LogP contribution >= 0.6 is 0 Å². The zero-order valence-electron chi connectivity index (χ0n) is 27.9. The molecule has 0 bridgehead atoms. The zero-order chi connectivity index (χ0) is 38.7. The molecule has 0 spiro atoms. The van der Waals surface area contributed by atoms with Crippen molar-refractivity contribution >= 4 is 47.8 Å². The summed E-state index contributed by atoms with van der Waals surface area (Å²) in [5.74, 6) is -9.82. The maximum absolute atomic E-state index is 10.6. The van der Waals surface area contributed by atoms with E-state index < -0.39 is 100 Å². The van der Waals surface area contributed by atoms with E-state index in [0.717, 1.165) is 37.2 Å². The second-order valence-corrected chi connectivity index (χ2v) is 10.9. The van der Waals surface area contributed by atoms with Gasteiger partial charge in [-0.05, 0) is 12.2 Å². The van der Waals surface area contributed by atoms with Gasteiger partial charge in [-0.1, -0.05) is 13.2 Å². The number of likely N-dealkylation sites (N-methyl/N-ethyl adjacent to an activating group) is 1. The van der Waals surface area contributed by atoms with Gasteiger partial charge >= 0.3 is 47.8 Å². The maximum atomic E-state index is 10.6. The fourth-order valence-corrected chi connectivity index (χ4v) is 3.73. The van der Waals surface area contributed by atoms with Gasteiger partial charge < -0.3 is 57.7 Å². The Kier molecular flexibility index (Phi) is 30.5. The standard InChI is InChI=1S/2C10H16N2O8.C8H16N.ClH/c2*13-7(14)3-11(4-8(15)16)1-2-12(5-9(17)18)6-10(19)20;1-5-7-9(3,4)8-6-2;/h2*1-6H2,(H,13,14)(H,15,16)(H,17,18)(H,19,20);5-6H,1-2,7-8H2,3-4H3;1H/q;;+1;/p-1. The quantitative estimate of drug-likeness (QED) is 0.0302. The Balaban J connectivity index is -0.000000336. The fraction of sp³-hybridized carbons (Fsp3) is 0.571. The molecule has 0 aliphatic rings. The lowest BCUT2D eigenvalue weighted by molar-refractivity contribution is -0.878. The molecule has 288 valence electrons. The van der Waals surface area contributed by atoms with E-state index in [1.807, 2.05) is 12.2 Å². The molecule has 0 aromatic carbocycles. The van der Waals surface area contributed by atoms with Crippen molar-refractivity contribution < 1.29 is 96.1 Å². The number of aliphatic carboxylic acids is 8. The first-order valence-corrected chi connectivity index (χ1v) is 14.2. The molecule has 0 aromatic heterocycles. The van der Waals surface area contributed by atoms with Crippen molar-refractivity contribution in [1.82, 2.24) is 19.6 Å². The van der Waals surface area contributed by atoms with Gasteiger partial charge in [0.15, 0.2) is 0 Å². The molecule has 0 heterocycles. The molecule has 21 nitrogen and oxygen atoms in total. The van der Waals surface area contributed by atoms with Gasteiger partial charge in [0.25, 0.3) is 0 Å². The summed E-state index contributed by atoms with van der Waals surface area (Å²) in [5.41, 5.74) is 0. The SMILES string of the molecule is C=CC[N+](C)(C)CC=C.O=C(O)CN(CCN(CC(=O)O)CC(=O)O)CC(=O)O.O=C(O)CN(CCN(CC(=O)O)CC(=O)O)CC(=O)O.[Cl-]. The number of hydrogen-bond donors (Lipinski definition) is 8. The van der Waals surface area contributed by atoms with E-state index in [2.05, 4.69) is 27.3 Å². The van der Waals surface area contributed by atoms with E-state index in [-0.39, 0.29) is 38.6 Å². The lowest BCUT2D eigenvalue weighted by Crippen LogP contribution is -3.00. The number of carbonyl (C=O) groups is 8. The van der Waals surface area contributed by atoms with Crippen LogP contribution in [0.1, 0.15) is 0 Å². The van der Waals surface area contributed by atoms with Gasteiger partial charge in [-0.3, -0.25) is 58.0 Å². The van der Waals surface area contributed by atoms with E-state index in [4.69, 9.17) is 40.9 Å². The molecule has 50 heavy (non-hydrogen) atoms. The Bertz CT molecular complexity index is 917. The molecular formula is C28H48ClN5O16. The van der Waals surface area contributed by atoms with Crippen molar-refractivity contribution in [1.29, 1.82) is 0 Å². The highest BCUT2D eigenvalue weighted by Gasteiger charge is 2.19. The predicted molar refractivity (Wildman–Crippen MR) is 169 cm³/mol. The predicted octanol–water partition coefficient (Wildman–Crippen LogP) is -5.70. The topological polar surface area (TPSA) is 311 Å². The fourth-order valence-electron chi connectivity index (χ4n) is 3.73. The Morgan fingerprint density at radius 2 is 0.560 bits per heavy atom. The molecule has 0 aliphatic carbocycles. The zero-order valence-corrected chi connectivity index (χ0v) is 28.7. The average Bonchev–Trinajstić information content (AvgIpc) is 2.88. The summed E-state index contributed by atoms with van der Waals surface area (Å²) < 4.78 is 0.951. The van der Waals surface area contributed by atoms with Gasteiger partial charge in [0.1, 0.15) is 0 Å². The molecule has 0 aliphatic heterocycles. The lowest BCUT2D eigenvalue weighted by Gasteiger charge is -2.26. The third-order valence-corrected chi connectivity index (χ3v) is 5.58. The largest absolute Gasteiger partial charge is 1.00 e. The number of carboxylic acids is 8. The maximum Gasteiger partial charge on any atom is 0.317 e. The second kappa shape index (κ2) is 29.3. The van der Waals surface area contributed by atoms with E-state index >= 15 is 0 Å². The number of nitrogens with zero attached hydrogens (tertiary/aromatic N) is 5. The summed E-state index contributed by atoms with van der Waals surface area (Å²) in [7, 11) is 4.31. The van der Waals surface area contributed by atoms with Crippen molar-refractivity contribution in [2.75, 3.05) is 106 Å². The van der Waals surface area contributed by atoms with Crippen molar-refractivity contribution in [3.8, 4) is 0 Å². The summed E-state index contributed by atoms with van der Waals surface area (Å²) in [4.78, 5) is 88.7. The van der Waals surface area contributed by atoms with Crippen molar-refractivity contribution in [3.63, 3.8) is 0 Å². The summed E-state index contributed by atoms with van der Waals surface area (Å²) in [5, 5.41) is 68.9. The van der Waals surface area contributed by atoms with Crippen LogP contribution < -0.4 is 12.4 Å². The Morgan fingerprint density at radius 3 is 0.660 bits per heavy atom. The van der Waals surface area contributed by atoms with Gasteiger partial charge in [-0.2, -0.15) is 0 Å². The van der Waals surface area contributed by atoms with Crippen molar-refractivity contribution in [3.05, 3.63) is 25.3 Å². The van der Waals surface area contributed by atoms with Crippen LogP contribution in [0.2, 0.25) is 0 Å². The molecule has 0 atom stereocenters. The van der Waals surface area contributed by atoms with Crippen LogP contribution in [0.3, 0.4) is 0 Å². The first-order valence-electron chi connectivity index (χ1n) is 14.2. The third-order valence-electron chi connectivity index (χ3n) is 5.58. The van der Waals surface area contributed by atoms with E-state index in [9.17, 15) is 38.4 Å². The average molecular weight is 746 g/mol. The number of rotatable bonds is 26. The lowest BCUT2D eigenvalue weighted by atomic mass is 10.4. The molecule has 0 saturated heterocycles. The van der Waals surface area contributed by atoms with Crippen LogP contribution in [0.5, 0.6) is 0 Å². The van der Waals surface area contributed by atoms with Crippen molar-refractivity contribution in [2.45, 2.75) is 0 Å². The van der Waals surface area contributed by atoms with Gasteiger partial charge in [0.2, 0.25) is 0 Å². The smallest absolute Gasteiger partial charge is 0.317 e. The first-order chi connectivity index (χ1) is 22.5. The number of hydrogen-bond acceptors (Lipinski definition) is 12. The highest BCUT2D eigenvalue weighted by Crippen LogP contribution is 1.96. The highest BCUT2D eigenvalue weighted by atomic mass is 35.5. The molecule has 0 fully saturated rings. The molecule has 0 saturated carbocycles. The minimum Gasteiger partial charge on any atom is -1.00 e. The van der Waals surface area contributed by atoms with Gasteiger partial charge in [0, 0.05) is 26.2 Å². The number of quaternary nitrogens is 1. The van der Waals surface area contributed by atoms with Crippen LogP contribution in [-0.2, 0) is 38.4 Å². The summed E-state index contributed by atoms with van der Waals surface area (Å²) in [6.07, 6.45) is 3.87. The molecule has 0 unspecified atom stereocenters. The Hall–Kier alpha value is -4.67. The Labute approximate surface area is 294 Å². The third kappa shape index (κ3) is 37.8. The van der Waals surface area contributed by atoms with Crippen LogP contribution in [-0.4, -0.2) is 218 Å². The monoisotopic (exact) mass is 745 g/mol. The number of halogens is 1. The molecule has 22 heteroatoms. The molecule has 8 N–H and O–H groups in total. The normalized spacial score (nSPS) is 10.5. The molecule has 0 amide bonds. The molecule has 0 aromatic rings. The Morgan fingerprint density at radius 1 is 0.420 bits per heavy atom. The van der Waals surface area contributed by atoms with Crippen LogP contribution in [0.4, 0.5) is 0 Å². The second-order valence-electron chi connectivity index (χ2n) is 10.9. The molecular weight excluding hydrogens is 698 g/mol. The van der Waals surface area contributed by atoms with Crippen molar-refractivity contribution in [2.24, 2.45) is 0 Å². The minimum atomic E-state index is -1.23.